The van der Waals surface area contributed by atoms with E-state index in [-0.39, 0.29) is 0 Å². The maximum Gasteiger partial charge on any atom is 0.0547 e. The van der Waals surface area contributed by atoms with Crippen molar-refractivity contribution in [2.75, 3.05) is 0 Å². The van der Waals surface area contributed by atoms with E-state index >= 15 is 0 Å². The molecule has 0 aliphatic rings. The molecule has 0 spiro atoms. The average Bonchev–Trinajstić information content (AvgIpc) is 1.59. The van der Waals surface area contributed by atoms with Gasteiger partial charge in [0, 0.05) is 98.8 Å². The van der Waals surface area contributed by atoms with Crippen LogP contribution in [0.4, 0.5) is 0 Å². The predicted molar refractivity (Wildman–Crippen MR) is 609 cm³/mol. The molecule has 6 heteroatoms. The number of hydrogen-bond donors (Lipinski definition) is 0. The summed E-state index contributed by atoms with van der Waals surface area (Å²) in [5, 5.41) is 15.1. The Hall–Kier alpha value is -19.1. The number of fused-ring (bicyclic) bond motifs is 18. The maximum atomic E-state index is 2.41. The quantitative estimate of drug-likeness (QED) is 0.104. The molecular formula is C138H92N6. The number of benzene rings is 23. The third-order valence-corrected chi connectivity index (χ3v) is 29.1. The fourth-order valence-electron chi connectivity index (χ4n) is 22.4. The van der Waals surface area contributed by atoms with Crippen LogP contribution in [0, 0.1) is 0 Å². The van der Waals surface area contributed by atoms with Gasteiger partial charge in [-0.3, -0.25) is 0 Å². The van der Waals surface area contributed by atoms with E-state index < -0.39 is 0 Å². The van der Waals surface area contributed by atoms with Gasteiger partial charge >= 0.3 is 0 Å². The minimum atomic E-state index is 1.16. The number of rotatable bonds is 14. The van der Waals surface area contributed by atoms with Gasteiger partial charge in [0.15, 0.2) is 0 Å². The van der Waals surface area contributed by atoms with E-state index in [1.54, 1.807) is 0 Å². The normalized spacial score (nSPS) is 11.6. The molecule has 0 fully saturated rings. The van der Waals surface area contributed by atoms with Crippen molar-refractivity contribution in [3.05, 3.63) is 558 Å². The molecule has 0 amide bonds. The SMILES string of the molecule is c1ccc(-c2ccc3c4cc(-c5ccc6c(c5)c5ccccc5n6-c5ccccc5)ccc4n(-c4ccccc4)c3c2)cc1.c1ccc(-c2cccc(-c3ccc4c5cc(-c6ccc7c(c6)c6ccccc6n7-c6ccccc6)ccc5n(-c5ccccc5)c4c3)c2)cc1.c1ccc(-c2cccc(-n3c4ccccc4c4cc(-c5ccc6c(c5)c5ccccc5n6-c5cccc(-c6ccccc6)c5)ccc43)c2)cc1. The first-order valence-electron chi connectivity index (χ1n) is 49.5. The Labute approximate surface area is 833 Å². The van der Waals surface area contributed by atoms with Crippen LogP contribution in [0.25, 0.3) is 254 Å². The molecule has 29 aromatic rings. The van der Waals surface area contributed by atoms with Gasteiger partial charge in [-0.1, -0.05) is 370 Å². The topological polar surface area (TPSA) is 29.6 Å². The molecule has 0 radical (unpaired) electrons. The maximum absolute atomic E-state index is 2.41. The molecule has 6 aromatic heterocycles. The van der Waals surface area contributed by atoms with E-state index in [0.717, 1.165) is 17.1 Å². The molecule has 674 valence electrons. The summed E-state index contributed by atoms with van der Waals surface area (Å²) >= 11 is 0. The monoisotopic (exact) mass is 1830 g/mol. The highest BCUT2D eigenvalue weighted by Crippen LogP contribution is 2.46. The molecule has 23 aromatic carbocycles. The Balaban J connectivity index is 0.000000108. The van der Waals surface area contributed by atoms with Gasteiger partial charge in [-0.2, -0.15) is 0 Å². The second kappa shape index (κ2) is 35.7. The summed E-state index contributed by atoms with van der Waals surface area (Å²) in [6.07, 6.45) is 0. The number of para-hydroxylation sites is 8. The minimum absolute atomic E-state index is 1.16. The van der Waals surface area contributed by atoms with Crippen LogP contribution in [0.2, 0.25) is 0 Å². The first kappa shape index (κ1) is 84.2. The Morgan fingerprint density at radius 1 is 0.0764 bits per heavy atom. The summed E-state index contributed by atoms with van der Waals surface area (Å²) in [5.74, 6) is 0. The molecule has 0 aliphatic heterocycles. The predicted octanol–water partition coefficient (Wildman–Crippen LogP) is 37.0. The highest BCUT2D eigenvalue weighted by atomic mass is 15.0. The largest absolute Gasteiger partial charge is 0.309 e. The molecule has 0 atom stereocenters. The van der Waals surface area contributed by atoms with Gasteiger partial charge < -0.3 is 27.4 Å². The van der Waals surface area contributed by atoms with Gasteiger partial charge in [0.1, 0.15) is 0 Å². The molecule has 0 aliphatic carbocycles. The third kappa shape index (κ3) is 14.8. The van der Waals surface area contributed by atoms with E-state index in [0.29, 0.717) is 0 Å². The van der Waals surface area contributed by atoms with Crippen LogP contribution in [0.5, 0.6) is 0 Å². The van der Waals surface area contributed by atoms with E-state index in [1.165, 1.54) is 237 Å². The first-order valence-corrected chi connectivity index (χ1v) is 49.5. The van der Waals surface area contributed by atoms with Crippen LogP contribution in [0.15, 0.2) is 558 Å². The van der Waals surface area contributed by atoms with Crippen molar-refractivity contribution in [2.24, 2.45) is 0 Å². The van der Waals surface area contributed by atoms with Gasteiger partial charge in [-0.05, 0) is 277 Å². The Morgan fingerprint density at radius 3 is 0.507 bits per heavy atom. The summed E-state index contributed by atoms with van der Waals surface area (Å²) < 4.78 is 14.4. The van der Waals surface area contributed by atoms with Crippen molar-refractivity contribution in [1.82, 2.24) is 27.4 Å². The zero-order chi connectivity index (χ0) is 95.1. The summed E-state index contributed by atoms with van der Waals surface area (Å²) in [7, 11) is 0. The third-order valence-electron chi connectivity index (χ3n) is 29.1. The van der Waals surface area contributed by atoms with Crippen LogP contribution < -0.4 is 0 Å². The fraction of sp³-hybridized carbons (Fsp3) is 0. The zero-order valence-corrected chi connectivity index (χ0v) is 78.8. The summed E-state index contributed by atoms with van der Waals surface area (Å²) in [5.41, 5.74) is 41.0. The lowest BCUT2D eigenvalue weighted by atomic mass is 9.97. The van der Waals surface area contributed by atoms with Gasteiger partial charge in [0.05, 0.1) is 66.2 Å². The lowest BCUT2D eigenvalue weighted by Crippen LogP contribution is -1.94. The molecule has 0 unspecified atom stereocenters. The van der Waals surface area contributed by atoms with E-state index in [4.69, 9.17) is 0 Å². The van der Waals surface area contributed by atoms with E-state index in [2.05, 4.69) is 586 Å². The molecular weight excluding hydrogens is 1740 g/mol. The van der Waals surface area contributed by atoms with E-state index in [9.17, 15) is 0 Å². The van der Waals surface area contributed by atoms with Gasteiger partial charge in [0.25, 0.3) is 0 Å². The molecule has 6 heterocycles. The van der Waals surface area contributed by atoms with Gasteiger partial charge in [-0.25, -0.2) is 0 Å². The van der Waals surface area contributed by atoms with Crippen molar-refractivity contribution in [1.29, 1.82) is 0 Å². The van der Waals surface area contributed by atoms with Crippen LogP contribution in [0.1, 0.15) is 0 Å². The van der Waals surface area contributed by atoms with Gasteiger partial charge in [0.2, 0.25) is 0 Å². The number of nitrogens with zero attached hydrogens (tertiary/aromatic N) is 6. The molecule has 29 rings (SSSR count). The van der Waals surface area contributed by atoms with Crippen molar-refractivity contribution in [2.45, 2.75) is 0 Å². The van der Waals surface area contributed by atoms with Crippen molar-refractivity contribution < 1.29 is 0 Å². The minimum Gasteiger partial charge on any atom is -0.309 e. The second-order valence-electron chi connectivity index (χ2n) is 37.4. The molecule has 0 N–H and O–H groups in total. The van der Waals surface area contributed by atoms with Gasteiger partial charge in [-0.15, -0.1) is 0 Å². The molecule has 6 nitrogen and oxygen atoms in total. The smallest absolute Gasteiger partial charge is 0.0547 e. The van der Waals surface area contributed by atoms with Crippen LogP contribution in [0.3, 0.4) is 0 Å². The van der Waals surface area contributed by atoms with Crippen LogP contribution in [-0.4, -0.2) is 27.4 Å². The lowest BCUT2D eigenvalue weighted by molar-refractivity contribution is 1.18. The zero-order valence-electron chi connectivity index (χ0n) is 78.8. The fourth-order valence-corrected chi connectivity index (χ4v) is 22.4. The Bertz CT molecular complexity index is 9780. The number of hydrogen-bond acceptors (Lipinski definition) is 0. The van der Waals surface area contributed by atoms with Crippen molar-refractivity contribution in [3.8, 4) is 123 Å². The van der Waals surface area contributed by atoms with Crippen molar-refractivity contribution >= 4 is 131 Å². The molecule has 144 heavy (non-hydrogen) atoms. The summed E-state index contributed by atoms with van der Waals surface area (Å²) in [6, 6.07) is 202. The second-order valence-corrected chi connectivity index (χ2v) is 37.4. The Morgan fingerprint density at radius 2 is 0.236 bits per heavy atom. The standard InChI is InChI=1S/2C48H32N2.C42H28N2/c1-4-13-33(14-5-1)34-15-12-16-35(29-34)38-23-26-42-44-31-37(25-28-47(44)50(48(42)32-38)40-19-8-3-9-20-40)36-24-27-46-43(30-36)41-21-10-11-22-45(41)49(46)39-17-6-2-7-18-39;1-3-13-33(14-4-1)35-17-11-19-39(29-35)49-45-23-9-7-21-41(45)43-31-37(25-27-47(43)49)38-26-28-48-44(32-38)42-22-8-10-24-46(42)50(48)40-20-12-18-36(30-40)34-15-5-2-6-16-34;1-4-12-29(13-5-1)32-20-23-36-38-27-31(22-25-41(38)44(42(36)28-32)34-16-8-3-9-17-34)30-21-24-40-37(26-30)35-18-10-11-19-39(35)43(40)33-14-6-2-7-15-33/h2*1-32H;1-28H. The Kier molecular flexibility index (Phi) is 20.9. The summed E-state index contributed by atoms with van der Waals surface area (Å²) in [6.45, 7) is 0. The van der Waals surface area contributed by atoms with Crippen molar-refractivity contribution in [3.63, 3.8) is 0 Å². The average molecular weight is 1830 g/mol. The summed E-state index contributed by atoms with van der Waals surface area (Å²) in [4.78, 5) is 0. The number of aromatic nitrogens is 6. The molecule has 0 bridgehead atoms. The first-order chi connectivity index (χ1) is 71.4. The molecule has 0 saturated heterocycles. The molecule has 0 saturated carbocycles. The highest BCUT2D eigenvalue weighted by molar-refractivity contribution is 6.18. The lowest BCUT2D eigenvalue weighted by Gasteiger charge is -2.11. The van der Waals surface area contributed by atoms with Crippen LogP contribution in [-0.2, 0) is 0 Å². The van der Waals surface area contributed by atoms with Crippen LogP contribution >= 0.6 is 0 Å². The van der Waals surface area contributed by atoms with E-state index in [1.807, 2.05) is 0 Å². The highest BCUT2D eigenvalue weighted by Gasteiger charge is 2.24.